The molecule has 0 aliphatic rings. The number of nitrogens with zero attached hydrogens (tertiary/aromatic N) is 1. The number of rotatable bonds is 7. The lowest BCUT2D eigenvalue weighted by molar-refractivity contribution is -0.384. The van der Waals surface area contributed by atoms with Crippen molar-refractivity contribution in [3.8, 4) is 11.5 Å². The molecule has 0 fully saturated rings. The molecule has 6 N–H and O–H groups in total. The van der Waals surface area contributed by atoms with Gasteiger partial charge in [0.05, 0.1) is 11.0 Å². The molecular formula is C16H18Br2ClN5O4S2. The molecule has 0 saturated heterocycles. The second-order valence-electron chi connectivity index (χ2n) is 5.28. The van der Waals surface area contributed by atoms with Crippen LogP contribution in [0.2, 0.25) is 5.02 Å². The Labute approximate surface area is 208 Å². The van der Waals surface area contributed by atoms with E-state index < -0.39 is 4.92 Å². The maximum Gasteiger partial charge on any atom is 0.273 e. The number of thioether (sulfide) groups is 1. The number of hydrazine groups is 1. The third kappa shape index (κ3) is 8.62. The summed E-state index contributed by atoms with van der Waals surface area (Å²) >= 11 is 12.0. The summed E-state index contributed by atoms with van der Waals surface area (Å²) in [6, 6.07) is 9.09. The lowest BCUT2D eigenvalue weighted by Gasteiger charge is -2.15. The van der Waals surface area contributed by atoms with E-state index in [9.17, 15) is 10.1 Å². The van der Waals surface area contributed by atoms with Crippen LogP contribution in [0.15, 0.2) is 36.4 Å². The van der Waals surface area contributed by atoms with Crippen LogP contribution in [0.5, 0.6) is 11.5 Å². The molecule has 0 heterocycles. The van der Waals surface area contributed by atoms with E-state index in [2.05, 4.69) is 5.43 Å². The fourth-order valence-corrected chi connectivity index (χ4v) is 2.84. The minimum atomic E-state index is -0.534. The Bertz CT molecular complexity index is 923. The van der Waals surface area contributed by atoms with E-state index in [0.29, 0.717) is 27.7 Å². The van der Waals surface area contributed by atoms with Crippen molar-refractivity contribution in [2.45, 2.75) is 12.4 Å². The minimum absolute atomic E-state index is 0. The van der Waals surface area contributed by atoms with E-state index >= 15 is 0 Å². The molecule has 2 aromatic rings. The van der Waals surface area contributed by atoms with Crippen molar-refractivity contribution in [1.29, 1.82) is 5.41 Å². The molecule has 2 aromatic carbocycles. The van der Waals surface area contributed by atoms with Crippen LogP contribution in [0.25, 0.3) is 0 Å². The molecular weight excluding hydrogens is 586 g/mol. The molecule has 30 heavy (non-hydrogen) atoms. The van der Waals surface area contributed by atoms with Crippen LogP contribution in [0, 0.1) is 15.5 Å². The van der Waals surface area contributed by atoms with Gasteiger partial charge in [0.1, 0.15) is 18.1 Å². The van der Waals surface area contributed by atoms with Gasteiger partial charge in [0.15, 0.2) is 5.17 Å². The molecule has 0 saturated carbocycles. The number of nitro groups is 1. The molecule has 0 aliphatic heterocycles. The number of benzene rings is 2. The SMILES string of the molecule is Br.Br.N=C(N)SCc1ccc(Cl)cc1Oc1cc([N+](=O)[O-])ccc1COC(=S)NN. The first-order chi connectivity index (χ1) is 13.3. The number of nitro benzene ring substituents is 1. The highest BCUT2D eigenvalue weighted by atomic mass is 79.9. The predicted octanol–water partition coefficient (Wildman–Crippen LogP) is 4.59. The fraction of sp³-hybridized carbons (Fsp3) is 0.125. The van der Waals surface area contributed by atoms with Crippen molar-refractivity contribution in [3.63, 3.8) is 0 Å². The fourth-order valence-electron chi connectivity index (χ4n) is 2.07. The summed E-state index contributed by atoms with van der Waals surface area (Å²) in [5, 5.41) is 18.8. The van der Waals surface area contributed by atoms with Crippen molar-refractivity contribution in [2.24, 2.45) is 11.6 Å². The Hall–Kier alpha value is -1.64. The second kappa shape index (κ2) is 13.6. The summed E-state index contributed by atoms with van der Waals surface area (Å²) < 4.78 is 11.2. The van der Waals surface area contributed by atoms with Crippen molar-refractivity contribution in [1.82, 2.24) is 5.43 Å². The summed E-state index contributed by atoms with van der Waals surface area (Å²) in [5.41, 5.74) is 8.64. The average molecular weight is 604 g/mol. The van der Waals surface area contributed by atoms with Gasteiger partial charge in [0.2, 0.25) is 0 Å². The molecule has 0 bridgehead atoms. The number of hydrogen-bond acceptors (Lipinski definition) is 8. The highest BCUT2D eigenvalue weighted by molar-refractivity contribution is 8.93. The number of nitrogens with one attached hydrogen (secondary N) is 2. The molecule has 9 nitrogen and oxygen atoms in total. The first-order valence-electron chi connectivity index (χ1n) is 7.64. The maximum absolute atomic E-state index is 11.1. The summed E-state index contributed by atoms with van der Waals surface area (Å²) in [5.74, 6) is 6.12. The standard InChI is InChI=1S/C16H16ClN5O4S2.2BrH/c17-11-3-1-10(8-28-15(18)19)13(5-11)26-14-6-12(22(23)24)4-2-9(14)7-25-16(27)21-20;;/h1-6H,7-8,20H2,(H3,18,19)(H,21,27);2*1H. The Morgan fingerprint density at radius 3 is 2.47 bits per heavy atom. The van der Waals surface area contributed by atoms with Gasteiger partial charge in [-0.1, -0.05) is 29.4 Å². The van der Waals surface area contributed by atoms with Gasteiger partial charge in [-0.3, -0.25) is 20.9 Å². The molecule has 0 aromatic heterocycles. The average Bonchev–Trinajstić information content (AvgIpc) is 2.65. The molecule has 0 unspecified atom stereocenters. The van der Waals surface area contributed by atoms with Crippen LogP contribution in [0.1, 0.15) is 11.1 Å². The zero-order valence-corrected chi connectivity index (χ0v) is 20.9. The number of thiocarbonyl (C=S) groups is 1. The molecule has 0 radical (unpaired) electrons. The monoisotopic (exact) mass is 601 g/mol. The summed E-state index contributed by atoms with van der Waals surface area (Å²) in [6.07, 6.45) is 0. The topological polar surface area (TPSA) is 150 Å². The Morgan fingerprint density at radius 1 is 1.23 bits per heavy atom. The van der Waals surface area contributed by atoms with Gasteiger partial charge in [-0.25, -0.2) is 5.84 Å². The molecule has 164 valence electrons. The lowest BCUT2D eigenvalue weighted by atomic mass is 10.1. The van der Waals surface area contributed by atoms with Gasteiger partial charge < -0.3 is 15.2 Å². The highest BCUT2D eigenvalue weighted by Gasteiger charge is 2.16. The van der Waals surface area contributed by atoms with E-state index in [0.717, 1.165) is 11.8 Å². The van der Waals surface area contributed by atoms with Crippen LogP contribution >= 0.6 is 69.5 Å². The quantitative estimate of drug-likeness (QED) is 0.0890. The van der Waals surface area contributed by atoms with Gasteiger partial charge >= 0.3 is 0 Å². The molecule has 0 spiro atoms. The van der Waals surface area contributed by atoms with Crippen LogP contribution in [0.3, 0.4) is 0 Å². The molecule has 2 rings (SSSR count). The van der Waals surface area contributed by atoms with Gasteiger partial charge in [-0.2, -0.15) is 0 Å². The second-order valence-corrected chi connectivity index (χ2v) is 7.10. The highest BCUT2D eigenvalue weighted by Crippen LogP contribution is 2.34. The summed E-state index contributed by atoms with van der Waals surface area (Å²) in [4.78, 5) is 10.6. The summed E-state index contributed by atoms with van der Waals surface area (Å²) in [6.45, 7) is -0.0194. The Morgan fingerprint density at radius 2 is 1.87 bits per heavy atom. The van der Waals surface area contributed by atoms with Crippen molar-refractivity contribution >= 4 is 85.6 Å². The third-order valence-electron chi connectivity index (χ3n) is 3.37. The van der Waals surface area contributed by atoms with Crippen LogP contribution in [-0.4, -0.2) is 15.3 Å². The summed E-state index contributed by atoms with van der Waals surface area (Å²) in [7, 11) is 0. The third-order valence-corrected chi connectivity index (χ3v) is 4.61. The first-order valence-corrected chi connectivity index (χ1v) is 9.41. The first kappa shape index (κ1) is 28.4. The van der Waals surface area contributed by atoms with Crippen LogP contribution in [0.4, 0.5) is 5.69 Å². The van der Waals surface area contributed by atoms with E-state index in [1.165, 1.54) is 18.2 Å². The number of ether oxygens (including phenoxy) is 2. The Kier molecular flexibility index (Phi) is 12.9. The van der Waals surface area contributed by atoms with Crippen LogP contribution in [-0.2, 0) is 17.1 Å². The van der Waals surface area contributed by atoms with Crippen molar-refractivity contribution in [3.05, 3.63) is 62.7 Å². The number of nitrogens with two attached hydrogens (primary N) is 2. The van der Waals surface area contributed by atoms with E-state index in [-0.39, 0.29) is 62.3 Å². The molecule has 0 amide bonds. The van der Waals surface area contributed by atoms with Gasteiger partial charge in [-0.05, 0) is 30.4 Å². The normalized spacial score (nSPS) is 9.53. The largest absolute Gasteiger partial charge is 0.465 e. The van der Waals surface area contributed by atoms with Crippen molar-refractivity contribution < 1.29 is 14.4 Å². The van der Waals surface area contributed by atoms with E-state index in [1.54, 1.807) is 18.2 Å². The Balaban J connectivity index is 0.00000420. The van der Waals surface area contributed by atoms with Gasteiger partial charge in [0, 0.05) is 28.0 Å². The zero-order chi connectivity index (χ0) is 20.7. The van der Waals surface area contributed by atoms with Crippen molar-refractivity contribution in [2.75, 3.05) is 0 Å². The van der Waals surface area contributed by atoms with Gasteiger partial charge in [0.25, 0.3) is 10.9 Å². The van der Waals surface area contributed by atoms with Crippen LogP contribution < -0.4 is 21.7 Å². The number of non-ortho nitro benzene ring substituents is 1. The maximum atomic E-state index is 11.1. The predicted molar refractivity (Wildman–Crippen MR) is 133 cm³/mol. The molecule has 0 atom stereocenters. The van der Waals surface area contributed by atoms with E-state index in [4.69, 9.17) is 50.3 Å². The minimum Gasteiger partial charge on any atom is -0.465 e. The molecule has 14 heteroatoms. The number of hydrogen-bond donors (Lipinski definition) is 4. The number of halogens is 3. The van der Waals surface area contributed by atoms with Gasteiger partial charge in [-0.15, -0.1) is 34.0 Å². The zero-order valence-electron chi connectivity index (χ0n) is 15.1. The smallest absolute Gasteiger partial charge is 0.273 e. The lowest BCUT2D eigenvalue weighted by Crippen LogP contribution is -2.30. The van der Waals surface area contributed by atoms with E-state index in [1.807, 2.05) is 0 Å². The molecule has 0 aliphatic carbocycles. The number of amidine groups is 1.